The SMILES string of the molecule is CN(C)n1ccc(=O)c2cc(CCCNC(=O)C(C)(C)C)cnc21. The number of fused-ring (bicyclic) bond motifs is 1. The number of nitrogens with one attached hydrogen (secondary N) is 1. The lowest BCUT2D eigenvalue weighted by molar-refractivity contribution is -0.128. The molecule has 0 unspecified atom stereocenters. The molecule has 0 aliphatic heterocycles. The van der Waals surface area contributed by atoms with E-state index >= 15 is 0 Å². The van der Waals surface area contributed by atoms with E-state index in [1.807, 2.05) is 50.6 Å². The Kier molecular flexibility index (Phi) is 5.26. The van der Waals surface area contributed by atoms with E-state index in [2.05, 4.69) is 10.3 Å². The van der Waals surface area contributed by atoms with Crippen LogP contribution in [0.5, 0.6) is 0 Å². The van der Waals surface area contributed by atoms with Crippen LogP contribution < -0.4 is 15.8 Å². The Morgan fingerprint density at radius 1 is 1.33 bits per heavy atom. The summed E-state index contributed by atoms with van der Waals surface area (Å²) < 4.78 is 1.84. The zero-order valence-corrected chi connectivity index (χ0v) is 15.1. The standard InChI is InChI=1S/C18H26N4O2/c1-18(2,3)17(24)19-9-6-7-13-11-14-15(23)8-10-22(21(4)5)16(14)20-12-13/h8,10-12H,6-7,9H2,1-5H3,(H,19,24). The molecule has 0 spiro atoms. The van der Waals surface area contributed by atoms with Crippen molar-refractivity contribution in [3.63, 3.8) is 0 Å². The highest BCUT2D eigenvalue weighted by atomic mass is 16.2. The van der Waals surface area contributed by atoms with Crippen LogP contribution >= 0.6 is 0 Å². The van der Waals surface area contributed by atoms with Crippen LogP contribution in [0.3, 0.4) is 0 Å². The molecule has 130 valence electrons. The number of rotatable bonds is 5. The minimum atomic E-state index is -0.373. The molecule has 0 atom stereocenters. The molecule has 2 aromatic rings. The predicted octanol–water partition coefficient (Wildman–Crippen LogP) is 1.69. The summed E-state index contributed by atoms with van der Waals surface area (Å²) in [4.78, 5) is 28.4. The minimum absolute atomic E-state index is 0.0292. The maximum atomic E-state index is 12.1. The molecule has 0 radical (unpaired) electrons. The van der Waals surface area contributed by atoms with E-state index in [-0.39, 0.29) is 16.8 Å². The molecular weight excluding hydrogens is 304 g/mol. The molecule has 0 aromatic carbocycles. The van der Waals surface area contributed by atoms with Crippen LogP contribution in [-0.2, 0) is 11.2 Å². The van der Waals surface area contributed by atoms with Crippen molar-refractivity contribution in [1.29, 1.82) is 0 Å². The van der Waals surface area contributed by atoms with Gasteiger partial charge in [-0.15, -0.1) is 0 Å². The number of hydrogen-bond acceptors (Lipinski definition) is 4. The number of aryl methyl sites for hydroxylation is 1. The summed E-state index contributed by atoms with van der Waals surface area (Å²) in [7, 11) is 3.80. The van der Waals surface area contributed by atoms with E-state index in [1.54, 1.807) is 18.5 Å². The first-order valence-corrected chi connectivity index (χ1v) is 8.16. The third-order valence-electron chi connectivity index (χ3n) is 3.81. The molecule has 1 amide bonds. The van der Waals surface area contributed by atoms with Crippen LogP contribution in [0.4, 0.5) is 0 Å². The van der Waals surface area contributed by atoms with Gasteiger partial charge in [-0.05, 0) is 24.5 Å². The first kappa shape index (κ1) is 18.0. The van der Waals surface area contributed by atoms with Gasteiger partial charge in [-0.1, -0.05) is 20.8 Å². The van der Waals surface area contributed by atoms with Crippen LogP contribution in [0, 0.1) is 5.41 Å². The first-order chi connectivity index (χ1) is 11.2. The highest BCUT2D eigenvalue weighted by Crippen LogP contribution is 2.13. The fraction of sp³-hybridized carbons (Fsp3) is 0.500. The van der Waals surface area contributed by atoms with Gasteiger partial charge in [-0.2, -0.15) is 0 Å². The normalized spacial score (nSPS) is 11.5. The van der Waals surface area contributed by atoms with Gasteiger partial charge in [-0.25, -0.2) is 9.66 Å². The Balaban J connectivity index is 2.08. The molecule has 2 heterocycles. The lowest BCUT2D eigenvalue weighted by Gasteiger charge is -2.18. The van der Waals surface area contributed by atoms with Crippen LogP contribution in [-0.4, -0.2) is 36.2 Å². The second-order valence-electron chi connectivity index (χ2n) is 7.20. The third kappa shape index (κ3) is 4.13. The van der Waals surface area contributed by atoms with Crippen LogP contribution in [0.2, 0.25) is 0 Å². The number of carbonyl (C=O) groups is 1. The summed E-state index contributed by atoms with van der Waals surface area (Å²) >= 11 is 0. The van der Waals surface area contributed by atoms with Gasteiger partial charge in [0.25, 0.3) is 0 Å². The van der Waals surface area contributed by atoms with Crippen LogP contribution in [0.15, 0.2) is 29.3 Å². The van der Waals surface area contributed by atoms with Crippen molar-refractivity contribution in [3.05, 3.63) is 40.3 Å². The number of pyridine rings is 2. The fourth-order valence-corrected chi connectivity index (χ4v) is 2.38. The number of nitrogens with zero attached hydrogens (tertiary/aromatic N) is 3. The van der Waals surface area contributed by atoms with Gasteiger partial charge in [0.2, 0.25) is 5.91 Å². The van der Waals surface area contributed by atoms with Gasteiger partial charge < -0.3 is 10.3 Å². The Hall–Kier alpha value is -2.37. The third-order valence-corrected chi connectivity index (χ3v) is 3.81. The molecule has 24 heavy (non-hydrogen) atoms. The van der Waals surface area contributed by atoms with E-state index in [0.717, 1.165) is 18.4 Å². The minimum Gasteiger partial charge on any atom is -0.356 e. The Bertz CT molecular complexity index is 788. The maximum Gasteiger partial charge on any atom is 0.225 e. The second-order valence-corrected chi connectivity index (χ2v) is 7.20. The predicted molar refractivity (Wildman–Crippen MR) is 96.9 cm³/mol. The molecule has 6 nitrogen and oxygen atoms in total. The molecule has 0 fully saturated rings. The summed E-state index contributed by atoms with van der Waals surface area (Å²) in [5.41, 5.74) is 1.25. The van der Waals surface area contributed by atoms with Gasteiger partial charge in [0.15, 0.2) is 11.1 Å². The molecule has 0 saturated heterocycles. The summed E-state index contributed by atoms with van der Waals surface area (Å²) in [6.07, 6.45) is 5.10. The second kappa shape index (κ2) is 7.03. The van der Waals surface area contributed by atoms with Crippen molar-refractivity contribution in [2.24, 2.45) is 5.41 Å². The van der Waals surface area contributed by atoms with Crippen LogP contribution in [0.1, 0.15) is 32.8 Å². The average molecular weight is 330 g/mol. The Labute approximate surface area is 142 Å². The van der Waals surface area contributed by atoms with E-state index in [0.29, 0.717) is 17.6 Å². The lowest BCUT2D eigenvalue weighted by atomic mass is 9.95. The quantitative estimate of drug-likeness (QED) is 0.847. The Morgan fingerprint density at radius 3 is 2.67 bits per heavy atom. The average Bonchev–Trinajstić information content (AvgIpc) is 2.50. The topological polar surface area (TPSA) is 67.2 Å². The summed E-state index contributed by atoms with van der Waals surface area (Å²) in [6, 6.07) is 3.45. The molecule has 1 N–H and O–H groups in total. The molecular formula is C18H26N4O2. The number of amides is 1. The summed E-state index contributed by atoms with van der Waals surface area (Å²) in [5.74, 6) is 0.0491. The van der Waals surface area contributed by atoms with E-state index in [1.165, 1.54) is 0 Å². The zero-order chi connectivity index (χ0) is 17.9. The van der Waals surface area contributed by atoms with Gasteiger partial charge >= 0.3 is 0 Å². The molecule has 2 aromatic heterocycles. The maximum absolute atomic E-state index is 12.1. The van der Waals surface area contributed by atoms with Crippen molar-refractivity contribution in [1.82, 2.24) is 15.0 Å². The zero-order valence-electron chi connectivity index (χ0n) is 15.1. The molecule has 6 heteroatoms. The van der Waals surface area contributed by atoms with Gasteiger partial charge in [-0.3, -0.25) is 9.59 Å². The summed E-state index contributed by atoms with van der Waals surface area (Å²) in [5, 5.41) is 5.42. The van der Waals surface area contributed by atoms with Gasteiger partial charge in [0.05, 0.1) is 5.39 Å². The smallest absolute Gasteiger partial charge is 0.225 e. The lowest BCUT2D eigenvalue weighted by Crippen LogP contribution is -2.35. The molecule has 0 aliphatic rings. The highest BCUT2D eigenvalue weighted by Gasteiger charge is 2.20. The van der Waals surface area contributed by atoms with E-state index in [4.69, 9.17) is 0 Å². The van der Waals surface area contributed by atoms with Crippen molar-refractivity contribution >= 4 is 16.9 Å². The molecule has 0 saturated carbocycles. The Morgan fingerprint density at radius 2 is 2.04 bits per heavy atom. The van der Waals surface area contributed by atoms with Crippen molar-refractivity contribution in [2.45, 2.75) is 33.6 Å². The first-order valence-electron chi connectivity index (χ1n) is 8.16. The molecule has 0 aliphatic carbocycles. The van der Waals surface area contributed by atoms with Crippen molar-refractivity contribution in [3.8, 4) is 0 Å². The van der Waals surface area contributed by atoms with Crippen molar-refractivity contribution in [2.75, 3.05) is 25.6 Å². The number of hydrogen-bond donors (Lipinski definition) is 1. The van der Waals surface area contributed by atoms with Gasteiger partial charge in [0.1, 0.15) is 0 Å². The highest BCUT2D eigenvalue weighted by molar-refractivity contribution is 5.81. The fourth-order valence-electron chi connectivity index (χ4n) is 2.38. The largest absolute Gasteiger partial charge is 0.356 e. The summed E-state index contributed by atoms with van der Waals surface area (Å²) in [6.45, 7) is 6.30. The van der Waals surface area contributed by atoms with Crippen molar-refractivity contribution < 1.29 is 4.79 Å². The number of carbonyl (C=O) groups excluding carboxylic acids is 1. The monoisotopic (exact) mass is 330 g/mol. The van der Waals surface area contributed by atoms with Gasteiger partial charge in [0, 0.05) is 44.5 Å². The number of aromatic nitrogens is 2. The molecule has 2 rings (SSSR count). The van der Waals surface area contributed by atoms with E-state index in [9.17, 15) is 9.59 Å². The van der Waals surface area contributed by atoms with Crippen LogP contribution in [0.25, 0.3) is 11.0 Å². The van der Waals surface area contributed by atoms with E-state index < -0.39 is 0 Å². The molecule has 0 bridgehead atoms.